The minimum atomic E-state index is 0.0128. The zero-order valence-corrected chi connectivity index (χ0v) is 14.9. The van der Waals surface area contributed by atoms with Gasteiger partial charge in [0.1, 0.15) is 6.04 Å². The van der Waals surface area contributed by atoms with Crippen LogP contribution in [0.1, 0.15) is 29.7 Å². The van der Waals surface area contributed by atoms with Gasteiger partial charge in [-0.15, -0.1) is 0 Å². The van der Waals surface area contributed by atoms with E-state index < -0.39 is 0 Å². The van der Waals surface area contributed by atoms with E-state index in [2.05, 4.69) is 12.2 Å². The molecule has 0 bridgehead atoms. The second-order valence-electron chi connectivity index (χ2n) is 6.08. The molecular weight excluding hydrogens is 308 g/mol. The van der Waals surface area contributed by atoms with Gasteiger partial charge in [-0.05, 0) is 38.0 Å². The van der Waals surface area contributed by atoms with Crippen molar-refractivity contribution in [1.29, 1.82) is 0 Å². The number of anilines is 1. The van der Waals surface area contributed by atoms with E-state index in [1.54, 1.807) is 0 Å². The molecule has 0 heterocycles. The number of likely N-dealkylation sites (N-methyl/N-ethyl adjacent to an activating group) is 1. The van der Waals surface area contributed by atoms with Gasteiger partial charge in [0.15, 0.2) is 6.54 Å². The minimum absolute atomic E-state index is 0.0128. The van der Waals surface area contributed by atoms with Gasteiger partial charge in [0, 0.05) is 16.3 Å². The fraction of sp³-hybridized carbons (Fsp3) is 0.316. The maximum Gasteiger partial charge on any atom is 0.279 e. The zero-order valence-electron chi connectivity index (χ0n) is 14.1. The number of amides is 1. The Hall–Kier alpha value is -1.84. The highest BCUT2D eigenvalue weighted by atomic mass is 35.5. The first-order chi connectivity index (χ1) is 10.9. The van der Waals surface area contributed by atoms with Crippen LogP contribution < -0.4 is 10.2 Å². The SMILES string of the molecule is Cc1cccc(C)c1NC(=O)C[NH+](C)[C@H](C)c1ccccc1Cl. The molecule has 2 aromatic rings. The van der Waals surface area contributed by atoms with Crippen molar-refractivity contribution in [2.24, 2.45) is 0 Å². The average Bonchev–Trinajstić information content (AvgIpc) is 2.51. The summed E-state index contributed by atoms with van der Waals surface area (Å²) in [6.07, 6.45) is 0. The van der Waals surface area contributed by atoms with E-state index in [-0.39, 0.29) is 11.9 Å². The lowest BCUT2D eigenvalue weighted by Crippen LogP contribution is -3.10. The van der Waals surface area contributed by atoms with Crippen LogP contribution in [0.15, 0.2) is 42.5 Å². The maximum atomic E-state index is 12.4. The average molecular weight is 332 g/mol. The van der Waals surface area contributed by atoms with Gasteiger partial charge in [-0.25, -0.2) is 0 Å². The molecular formula is C19H24ClN2O+. The largest absolute Gasteiger partial charge is 0.324 e. The summed E-state index contributed by atoms with van der Waals surface area (Å²) >= 11 is 6.26. The Kier molecular flexibility index (Phi) is 5.80. The molecule has 2 atom stereocenters. The number of quaternary nitrogens is 1. The summed E-state index contributed by atoms with van der Waals surface area (Å²) in [5, 5.41) is 3.78. The molecule has 0 aliphatic heterocycles. The Labute approximate surface area is 143 Å². The van der Waals surface area contributed by atoms with Crippen molar-refractivity contribution in [3.63, 3.8) is 0 Å². The number of aryl methyl sites for hydroxylation is 2. The van der Waals surface area contributed by atoms with E-state index in [1.165, 1.54) is 0 Å². The summed E-state index contributed by atoms with van der Waals surface area (Å²) in [6.45, 7) is 6.49. The van der Waals surface area contributed by atoms with Gasteiger partial charge in [-0.1, -0.05) is 48.0 Å². The molecule has 0 radical (unpaired) electrons. The maximum absolute atomic E-state index is 12.4. The summed E-state index contributed by atoms with van der Waals surface area (Å²) in [6, 6.07) is 13.9. The number of carbonyl (C=O) groups excluding carboxylic acids is 1. The Morgan fingerprint density at radius 1 is 1.13 bits per heavy atom. The molecule has 0 aromatic heterocycles. The summed E-state index contributed by atoms with van der Waals surface area (Å²) < 4.78 is 0. The molecule has 2 N–H and O–H groups in total. The van der Waals surface area contributed by atoms with E-state index >= 15 is 0 Å². The molecule has 0 aliphatic carbocycles. The molecule has 1 unspecified atom stereocenters. The van der Waals surface area contributed by atoms with E-state index in [0.29, 0.717) is 6.54 Å². The number of hydrogen-bond donors (Lipinski definition) is 2. The third-order valence-electron chi connectivity index (χ3n) is 4.30. The molecule has 1 amide bonds. The summed E-state index contributed by atoms with van der Waals surface area (Å²) in [7, 11) is 2.01. The van der Waals surface area contributed by atoms with Crippen molar-refractivity contribution in [2.45, 2.75) is 26.8 Å². The van der Waals surface area contributed by atoms with Crippen molar-refractivity contribution in [1.82, 2.24) is 0 Å². The molecule has 0 spiro atoms. The summed E-state index contributed by atoms with van der Waals surface area (Å²) in [5.41, 5.74) is 4.13. The second-order valence-corrected chi connectivity index (χ2v) is 6.49. The Morgan fingerprint density at radius 2 is 1.74 bits per heavy atom. The first-order valence-electron chi connectivity index (χ1n) is 7.83. The molecule has 0 saturated carbocycles. The van der Waals surface area contributed by atoms with Gasteiger partial charge >= 0.3 is 0 Å². The van der Waals surface area contributed by atoms with Crippen LogP contribution in [-0.2, 0) is 4.79 Å². The van der Waals surface area contributed by atoms with Gasteiger partial charge in [-0.2, -0.15) is 0 Å². The topological polar surface area (TPSA) is 33.5 Å². The zero-order chi connectivity index (χ0) is 17.0. The Balaban J connectivity index is 2.04. The molecule has 0 aliphatic rings. The van der Waals surface area contributed by atoms with Crippen molar-refractivity contribution in [2.75, 3.05) is 18.9 Å². The lowest BCUT2D eigenvalue weighted by Gasteiger charge is -2.22. The third kappa shape index (κ3) is 4.34. The highest BCUT2D eigenvalue weighted by Gasteiger charge is 2.21. The van der Waals surface area contributed by atoms with Gasteiger partial charge in [0.25, 0.3) is 5.91 Å². The van der Waals surface area contributed by atoms with Crippen LogP contribution in [0.3, 0.4) is 0 Å². The predicted octanol–water partition coefficient (Wildman–Crippen LogP) is 3.17. The number of nitrogens with one attached hydrogen (secondary N) is 2. The van der Waals surface area contributed by atoms with Crippen molar-refractivity contribution >= 4 is 23.2 Å². The van der Waals surface area contributed by atoms with Crippen molar-refractivity contribution < 1.29 is 9.69 Å². The van der Waals surface area contributed by atoms with Crippen LogP contribution in [0.25, 0.3) is 0 Å². The molecule has 4 heteroatoms. The number of hydrogen-bond acceptors (Lipinski definition) is 1. The number of carbonyl (C=O) groups is 1. The molecule has 3 nitrogen and oxygen atoms in total. The van der Waals surface area contributed by atoms with Crippen molar-refractivity contribution in [3.8, 4) is 0 Å². The van der Waals surface area contributed by atoms with Gasteiger partial charge in [0.05, 0.1) is 7.05 Å². The molecule has 2 aromatic carbocycles. The van der Waals surface area contributed by atoms with Gasteiger partial charge in [0.2, 0.25) is 0 Å². The summed E-state index contributed by atoms with van der Waals surface area (Å²) in [5.74, 6) is 0.0128. The third-order valence-corrected chi connectivity index (χ3v) is 4.64. The quantitative estimate of drug-likeness (QED) is 0.867. The lowest BCUT2D eigenvalue weighted by atomic mass is 10.1. The molecule has 23 heavy (non-hydrogen) atoms. The minimum Gasteiger partial charge on any atom is -0.324 e. The normalized spacial score (nSPS) is 13.4. The van der Waals surface area contributed by atoms with Crippen molar-refractivity contribution in [3.05, 3.63) is 64.2 Å². The van der Waals surface area contributed by atoms with E-state index in [1.807, 2.05) is 63.4 Å². The Bertz CT molecular complexity index is 679. The van der Waals surface area contributed by atoms with Crippen LogP contribution in [0.4, 0.5) is 5.69 Å². The molecule has 2 rings (SSSR count). The van der Waals surface area contributed by atoms with Gasteiger partial charge in [-0.3, -0.25) is 4.79 Å². The van der Waals surface area contributed by atoms with Crippen LogP contribution in [0.5, 0.6) is 0 Å². The molecule has 0 saturated heterocycles. The van der Waals surface area contributed by atoms with Crippen LogP contribution >= 0.6 is 11.6 Å². The van der Waals surface area contributed by atoms with E-state index in [4.69, 9.17) is 11.6 Å². The van der Waals surface area contributed by atoms with Crippen LogP contribution in [0.2, 0.25) is 5.02 Å². The second kappa shape index (κ2) is 7.62. The predicted molar refractivity (Wildman–Crippen MR) is 96.2 cm³/mol. The Morgan fingerprint density at radius 3 is 2.35 bits per heavy atom. The first-order valence-corrected chi connectivity index (χ1v) is 8.20. The van der Waals surface area contributed by atoms with Gasteiger partial charge < -0.3 is 10.2 Å². The van der Waals surface area contributed by atoms with E-state index in [0.717, 1.165) is 32.3 Å². The number of benzene rings is 2. The fourth-order valence-electron chi connectivity index (χ4n) is 2.69. The molecule has 0 fully saturated rings. The summed E-state index contributed by atoms with van der Waals surface area (Å²) in [4.78, 5) is 13.5. The highest BCUT2D eigenvalue weighted by Crippen LogP contribution is 2.20. The smallest absolute Gasteiger partial charge is 0.279 e. The first kappa shape index (κ1) is 17.5. The highest BCUT2D eigenvalue weighted by molar-refractivity contribution is 6.31. The number of halogens is 1. The molecule has 122 valence electrons. The van der Waals surface area contributed by atoms with E-state index in [9.17, 15) is 4.79 Å². The monoisotopic (exact) mass is 331 g/mol. The fourth-order valence-corrected chi connectivity index (χ4v) is 2.99. The standard InChI is InChI=1S/C19H23ClN2O/c1-13-8-7-9-14(2)19(13)21-18(23)12-22(4)15(3)16-10-5-6-11-17(16)20/h5-11,15H,12H2,1-4H3,(H,21,23)/p+1/t15-/m1/s1. The number of para-hydroxylation sites is 1. The van der Waals surface area contributed by atoms with Crippen LogP contribution in [0, 0.1) is 13.8 Å². The lowest BCUT2D eigenvalue weighted by molar-refractivity contribution is -0.902. The number of rotatable bonds is 5. The van der Waals surface area contributed by atoms with Crippen LogP contribution in [-0.4, -0.2) is 19.5 Å².